The third kappa shape index (κ3) is 4.42. The fourth-order valence-electron chi connectivity index (χ4n) is 2.53. The van der Waals surface area contributed by atoms with Crippen LogP contribution in [0.5, 0.6) is 17.2 Å². The standard InChI is InChI=1S/C17H16F2N2O6S/c1-28(23,24)21-9-2-4-12-14(6-9)27-10(7-25-12)8-26-13-5-3-11(18)15(16(13)19)17(20)22/h2-6,10,21H,7-8H2,1H3,(H2,20,22). The molecule has 0 fully saturated rings. The van der Waals surface area contributed by atoms with E-state index in [9.17, 15) is 22.0 Å². The molecule has 1 heterocycles. The summed E-state index contributed by atoms with van der Waals surface area (Å²) >= 11 is 0. The van der Waals surface area contributed by atoms with E-state index in [0.29, 0.717) is 5.75 Å². The number of rotatable bonds is 6. The number of fused-ring (bicyclic) bond motifs is 1. The van der Waals surface area contributed by atoms with E-state index >= 15 is 0 Å². The molecule has 0 aliphatic carbocycles. The van der Waals surface area contributed by atoms with E-state index in [2.05, 4.69) is 4.72 Å². The van der Waals surface area contributed by atoms with Crippen LogP contribution in [0.4, 0.5) is 14.5 Å². The highest BCUT2D eigenvalue weighted by molar-refractivity contribution is 7.92. The molecule has 3 N–H and O–H groups in total. The molecule has 8 nitrogen and oxygen atoms in total. The van der Waals surface area contributed by atoms with Crippen molar-refractivity contribution >= 4 is 21.6 Å². The van der Waals surface area contributed by atoms with Crippen molar-refractivity contribution < 1.29 is 36.2 Å². The third-order valence-corrected chi connectivity index (χ3v) is 4.30. The molecular formula is C17H16F2N2O6S. The van der Waals surface area contributed by atoms with E-state index in [1.807, 2.05) is 0 Å². The van der Waals surface area contributed by atoms with Gasteiger partial charge in [-0.3, -0.25) is 9.52 Å². The molecule has 1 aliphatic heterocycles. The molecule has 1 unspecified atom stereocenters. The van der Waals surface area contributed by atoms with Crippen molar-refractivity contribution in [2.45, 2.75) is 6.10 Å². The predicted molar refractivity (Wildman–Crippen MR) is 95.2 cm³/mol. The Morgan fingerprint density at radius 2 is 2.04 bits per heavy atom. The molecule has 0 saturated carbocycles. The van der Waals surface area contributed by atoms with E-state index in [1.54, 1.807) is 6.07 Å². The number of halogens is 2. The van der Waals surface area contributed by atoms with Crippen LogP contribution in [0.15, 0.2) is 30.3 Å². The number of primary amides is 1. The Balaban J connectivity index is 1.71. The number of carbonyl (C=O) groups is 1. The number of hydrogen-bond acceptors (Lipinski definition) is 6. The lowest BCUT2D eigenvalue weighted by Gasteiger charge is -2.27. The maximum Gasteiger partial charge on any atom is 0.254 e. The SMILES string of the molecule is CS(=O)(=O)Nc1ccc2c(c1)OC(COc1ccc(F)c(C(N)=O)c1F)CO2. The summed E-state index contributed by atoms with van der Waals surface area (Å²) in [6.45, 7) is -0.0960. The average molecular weight is 414 g/mol. The van der Waals surface area contributed by atoms with Crippen LogP contribution < -0.4 is 24.7 Å². The number of sulfonamides is 1. The van der Waals surface area contributed by atoms with Crippen LogP contribution in [0.1, 0.15) is 10.4 Å². The average Bonchev–Trinajstić information content (AvgIpc) is 2.59. The molecule has 0 spiro atoms. The van der Waals surface area contributed by atoms with Gasteiger partial charge in [0.05, 0.1) is 11.9 Å². The summed E-state index contributed by atoms with van der Waals surface area (Å²) in [5.41, 5.74) is 4.36. The second-order valence-electron chi connectivity index (χ2n) is 6.00. The minimum atomic E-state index is -3.46. The Kier molecular flexibility index (Phi) is 5.27. The van der Waals surface area contributed by atoms with Gasteiger partial charge < -0.3 is 19.9 Å². The van der Waals surface area contributed by atoms with Gasteiger partial charge in [0.25, 0.3) is 5.91 Å². The Morgan fingerprint density at radius 3 is 2.71 bits per heavy atom. The van der Waals surface area contributed by atoms with Crippen LogP contribution in [0.25, 0.3) is 0 Å². The van der Waals surface area contributed by atoms with Crippen molar-refractivity contribution in [3.05, 3.63) is 47.5 Å². The maximum absolute atomic E-state index is 14.2. The zero-order valence-electron chi connectivity index (χ0n) is 14.6. The monoisotopic (exact) mass is 414 g/mol. The summed E-state index contributed by atoms with van der Waals surface area (Å²) in [6.07, 6.45) is 0.348. The highest BCUT2D eigenvalue weighted by Crippen LogP contribution is 2.34. The zero-order valence-corrected chi connectivity index (χ0v) is 15.4. The molecule has 11 heteroatoms. The fourth-order valence-corrected chi connectivity index (χ4v) is 3.08. The number of benzene rings is 2. The summed E-state index contributed by atoms with van der Waals surface area (Å²) < 4.78 is 69.1. The molecular weight excluding hydrogens is 398 g/mol. The molecule has 0 saturated heterocycles. The van der Waals surface area contributed by atoms with Gasteiger partial charge in [0.2, 0.25) is 10.0 Å². The van der Waals surface area contributed by atoms with Crippen LogP contribution in [-0.2, 0) is 10.0 Å². The molecule has 1 atom stereocenters. The largest absolute Gasteiger partial charge is 0.486 e. The van der Waals surface area contributed by atoms with Crippen molar-refractivity contribution in [2.75, 3.05) is 24.2 Å². The first-order chi connectivity index (χ1) is 13.1. The number of anilines is 1. The van der Waals surface area contributed by atoms with Gasteiger partial charge in [-0.05, 0) is 24.3 Å². The molecule has 150 valence electrons. The number of hydrogen-bond donors (Lipinski definition) is 2. The number of carbonyl (C=O) groups excluding carboxylic acids is 1. The second-order valence-corrected chi connectivity index (χ2v) is 7.74. The summed E-state index contributed by atoms with van der Waals surface area (Å²) in [5, 5.41) is 0. The molecule has 0 bridgehead atoms. The van der Waals surface area contributed by atoms with Crippen LogP contribution in [0.2, 0.25) is 0 Å². The third-order valence-electron chi connectivity index (χ3n) is 3.69. The quantitative estimate of drug-likeness (QED) is 0.742. The predicted octanol–water partition coefficient (Wildman–Crippen LogP) is 1.65. The Bertz CT molecular complexity index is 1030. The van der Waals surface area contributed by atoms with E-state index in [1.165, 1.54) is 12.1 Å². The van der Waals surface area contributed by atoms with Crippen molar-refractivity contribution in [3.63, 3.8) is 0 Å². The van der Waals surface area contributed by atoms with E-state index in [4.69, 9.17) is 19.9 Å². The lowest BCUT2D eigenvalue weighted by molar-refractivity contribution is 0.0523. The minimum Gasteiger partial charge on any atom is -0.486 e. The lowest BCUT2D eigenvalue weighted by Crippen LogP contribution is -2.34. The Hall–Kier alpha value is -3.08. The number of nitrogens with one attached hydrogen (secondary N) is 1. The fraction of sp³-hybridized carbons (Fsp3) is 0.235. The molecule has 0 radical (unpaired) electrons. The van der Waals surface area contributed by atoms with Gasteiger partial charge >= 0.3 is 0 Å². The first-order valence-electron chi connectivity index (χ1n) is 7.96. The number of ether oxygens (including phenoxy) is 3. The van der Waals surface area contributed by atoms with Crippen molar-refractivity contribution in [2.24, 2.45) is 5.73 Å². The van der Waals surface area contributed by atoms with Gasteiger partial charge in [-0.25, -0.2) is 17.2 Å². The number of nitrogens with two attached hydrogens (primary N) is 1. The van der Waals surface area contributed by atoms with Gasteiger partial charge in [-0.1, -0.05) is 0 Å². The van der Waals surface area contributed by atoms with E-state index in [0.717, 1.165) is 18.4 Å². The Morgan fingerprint density at radius 1 is 1.29 bits per heavy atom. The van der Waals surface area contributed by atoms with Crippen LogP contribution >= 0.6 is 0 Å². The zero-order chi connectivity index (χ0) is 20.5. The first kappa shape index (κ1) is 19.7. The van der Waals surface area contributed by atoms with Crippen LogP contribution in [0, 0.1) is 11.6 Å². The lowest BCUT2D eigenvalue weighted by atomic mass is 10.1. The maximum atomic E-state index is 14.2. The normalized spacial score (nSPS) is 15.8. The van der Waals surface area contributed by atoms with Gasteiger partial charge in [0.1, 0.15) is 24.6 Å². The van der Waals surface area contributed by atoms with Gasteiger partial charge in [-0.15, -0.1) is 0 Å². The second kappa shape index (κ2) is 7.50. The van der Waals surface area contributed by atoms with Crippen molar-refractivity contribution in [3.8, 4) is 17.2 Å². The molecule has 28 heavy (non-hydrogen) atoms. The summed E-state index contributed by atoms with van der Waals surface area (Å²) in [7, 11) is -3.46. The number of amides is 1. The topological polar surface area (TPSA) is 117 Å². The molecule has 0 aromatic heterocycles. The summed E-state index contributed by atoms with van der Waals surface area (Å²) in [6, 6.07) is 6.39. The molecule has 2 aromatic rings. The Labute approximate surface area is 159 Å². The summed E-state index contributed by atoms with van der Waals surface area (Å²) in [4.78, 5) is 11.2. The minimum absolute atomic E-state index is 0.0807. The van der Waals surface area contributed by atoms with Crippen molar-refractivity contribution in [1.29, 1.82) is 0 Å². The van der Waals surface area contributed by atoms with Crippen LogP contribution in [0.3, 0.4) is 0 Å². The first-order valence-corrected chi connectivity index (χ1v) is 9.85. The molecule has 1 aliphatic rings. The van der Waals surface area contributed by atoms with E-state index < -0.39 is 39.2 Å². The van der Waals surface area contributed by atoms with E-state index in [-0.39, 0.29) is 30.4 Å². The highest BCUT2D eigenvalue weighted by atomic mass is 32.2. The van der Waals surface area contributed by atoms with Gasteiger partial charge in [0.15, 0.2) is 29.2 Å². The highest BCUT2D eigenvalue weighted by Gasteiger charge is 2.24. The van der Waals surface area contributed by atoms with Gasteiger partial charge in [-0.2, -0.15) is 0 Å². The molecule has 2 aromatic carbocycles. The van der Waals surface area contributed by atoms with Gasteiger partial charge in [0, 0.05) is 6.07 Å². The summed E-state index contributed by atoms with van der Waals surface area (Å²) in [5.74, 6) is -3.24. The molecule has 3 rings (SSSR count). The van der Waals surface area contributed by atoms with Crippen LogP contribution in [-0.4, -0.2) is 39.9 Å². The molecule has 1 amide bonds. The van der Waals surface area contributed by atoms with Crippen molar-refractivity contribution in [1.82, 2.24) is 0 Å². The smallest absolute Gasteiger partial charge is 0.254 e.